The van der Waals surface area contributed by atoms with Crippen molar-refractivity contribution in [3.05, 3.63) is 30.1 Å². The van der Waals surface area contributed by atoms with E-state index in [-0.39, 0.29) is 25.9 Å². The molecule has 0 spiro atoms. The number of fused-ring (bicyclic) bond motifs is 1. The highest BCUT2D eigenvalue weighted by atomic mass is 32.3. The minimum atomic E-state index is -4.28. The number of sulfone groups is 1. The molecule has 0 aliphatic rings. The van der Waals surface area contributed by atoms with Crippen LogP contribution in [0.3, 0.4) is 0 Å². The molecule has 0 fully saturated rings. The van der Waals surface area contributed by atoms with Crippen molar-refractivity contribution >= 4 is 46.7 Å². The first-order valence-corrected chi connectivity index (χ1v) is 14.2. The van der Waals surface area contributed by atoms with E-state index < -0.39 is 35.6 Å². The van der Waals surface area contributed by atoms with E-state index in [1.807, 2.05) is 6.92 Å². The van der Waals surface area contributed by atoms with Gasteiger partial charge in [-0.1, -0.05) is 6.92 Å². The number of aryl methyl sites for hydroxylation is 2. The summed E-state index contributed by atoms with van der Waals surface area (Å²) in [5, 5.41) is 0. The average molecular weight is 488 g/mol. The second kappa shape index (κ2) is 7.53. The second-order valence-corrected chi connectivity index (χ2v) is 13.2. The Balaban J connectivity index is 2.37. The standard InChI is InChI=1S/C17H21N5O6S3/c1-6-31(27,28)14-8-12(22(29(4,23)24)30(5,25)26)10-18-15(14)17-20-13-7-11(2)9-19-16(13)21(17)3/h7-10H,6H2,1-5H3. The molecule has 3 rings (SSSR count). The average Bonchev–Trinajstić information content (AvgIpc) is 2.95. The van der Waals surface area contributed by atoms with Crippen LogP contribution in [0, 0.1) is 6.92 Å². The molecule has 0 aliphatic heterocycles. The number of nitrogens with zero attached hydrogens (tertiary/aromatic N) is 5. The van der Waals surface area contributed by atoms with Gasteiger partial charge in [0.15, 0.2) is 21.3 Å². The van der Waals surface area contributed by atoms with Crippen molar-refractivity contribution in [3.63, 3.8) is 0 Å². The van der Waals surface area contributed by atoms with Crippen LogP contribution in [0.25, 0.3) is 22.7 Å². The van der Waals surface area contributed by atoms with Crippen LogP contribution in [0.2, 0.25) is 0 Å². The summed E-state index contributed by atoms with van der Waals surface area (Å²) < 4.78 is 75.8. The van der Waals surface area contributed by atoms with Crippen molar-refractivity contribution in [1.29, 1.82) is 0 Å². The van der Waals surface area contributed by atoms with Crippen LogP contribution in [0.5, 0.6) is 0 Å². The minimum absolute atomic E-state index is 0.0364. The molecule has 0 radical (unpaired) electrons. The lowest BCUT2D eigenvalue weighted by Gasteiger charge is -2.20. The van der Waals surface area contributed by atoms with Gasteiger partial charge >= 0.3 is 0 Å². The number of imidazole rings is 1. The largest absolute Gasteiger partial charge is 0.310 e. The Morgan fingerprint density at radius 1 is 0.968 bits per heavy atom. The van der Waals surface area contributed by atoms with Crippen LogP contribution in [0.4, 0.5) is 5.69 Å². The lowest BCUT2D eigenvalue weighted by atomic mass is 10.3. The summed E-state index contributed by atoms with van der Waals surface area (Å²) in [5.41, 5.74) is 1.44. The SMILES string of the molecule is CCS(=O)(=O)c1cc(N(S(C)(=O)=O)S(C)(=O)=O)cnc1-c1nc2cc(C)cnc2n1C. The minimum Gasteiger partial charge on any atom is -0.310 e. The molecule has 3 heterocycles. The van der Waals surface area contributed by atoms with Gasteiger partial charge in [0.05, 0.1) is 35.0 Å². The molecular weight excluding hydrogens is 466 g/mol. The van der Waals surface area contributed by atoms with Crippen LogP contribution < -0.4 is 3.71 Å². The van der Waals surface area contributed by atoms with E-state index in [0.717, 1.165) is 17.8 Å². The number of hydrogen-bond acceptors (Lipinski definition) is 9. The molecule has 0 N–H and O–H groups in total. The van der Waals surface area contributed by atoms with Gasteiger partial charge in [-0.2, -0.15) is 3.71 Å². The third-order valence-corrected chi connectivity index (χ3v) is 9.42. The van der Waals surface area contributed by atoms with E-state index in [4.69, 9.17) is 0 Å². The van der Waals surface area contributed by atoms with Gasteiger partial charge in [-0.25, -0.2) is 40.2 Å². The Labute approximate surface area is 180 Å². The highest BCUT2D eigenvalue weighted by Crippen LogP contribution is 2.32. The van der Waals surface area contributed by atoms with Crippen LogP contribution in [0.15, 0.2) is 29.4 Å². The number of aromatic nitrogens is 4. The van der Waals surface area contributed by atoms with Gasteiger partial charge in [-0.3, -0.25) is 0 Å². The maximum atomic E-state index is 12.8. The molecule has 0 bridgehead atoms. The predicted octanol–water partition coefficient (Wildman–Crippen LogP) is 0.858. The van der Waals surface area contributed by atoms with Gasteiger partial charge in [-0.05, 0) is 24.6 Å². The number of hydrogen-bond donors (Lipinski definition) is 0. The molecule has 0 saturated carbocycles. The predicted molar refractivity (Wildman–Crippen MR) is 116 cm³/mol. The quantitative estimate of drug-likeness (QED) is 0.493. The van der Waals surface area contributed by atoms with Crippen molar-refractivity contribution in [1.82, 2.24) is 19.5 Å². The Bertz CT molecular complexity index is 1480. The van der Waals surface area contributed by atoms with E-state index in [1.54, 1.807) is 23.9 Å². The van der Waals surface area contributed by atoms with Crippen LogP contribution in [-0.4, -0.2) is 63.0 Å². The van der Waals surface area contributed by atoms with Gasteiger partial charge < -0.3 is 4.57 Å². The lowest BCUT2D eigenvalue weighted by Crippen LogP contribution is -2.35. The second-order valence-electron chi connectivity index (χ2n) is 7.02. The third-order valence-electron chi connectivity index (χ3n) is 4.42. The first-order valence-electron chi connectivity index (χ1n) is 8.89. The Morgan fingerprint density at radius 3 is 2.13 bits per heavy atom. The van der Waals surface area contributed by atoms with E-state index in [9.17, 15) is 25.3 Å². The molecule has 168 valence electrons. The highest BCUT2D eigenvalue weighted by Gasteiger charge is 2.31. The topological polar surface area (TPSA) is 149 Å². The Morgan fingerprint density at radius 2 is 1.58 bits per heavy atom. The molecule has 0 unspecified atom stereocenters. The van der Waals surface area contributed by atoms with Crippen molar-refractivity contribution in [3.8, 4) is 11.5 Å². The third kappa shape index (κ3) is 4.27. The van der Waals surface area contributed by atoms with Crippen LogP contribution >= 0.6 is 0 Å². The number of anilines is 1. The summed E-state index contributed by atoms with van der Waals surface area (Å²) >= 11 is 0. The van der Waals surface area contributed by atoms with Gasteiger partial charge in [0.1, 0.15) is 11.2 Å². The van der Waals surface area contributed by atoms with E-state index in [2.05, 4.69) is 15.0 Å². The van der Waals surface area contributed by atoms with Gasteiger partial charge in [-0.15, -0.1) is 0 Å². The summed E-state index contributed by atoms with van der Waals surface area (Å²) in [4.78, 5) is 12.5. The molecule has 14 heteroatoms. The first-order chi connectivity index (χ1) is 14.2. The normalized spacial score (nSPS) is 12.9. The van der Waals surface area contributed by atoms with E-state index in [1.165, 1.54) is 6.92 Å². The van der Waals surface area contributed by atoms with E-state index >= 15 is 0 Å². The molecule has 0 aliphatic carbocycles. The Kier molecular flexibility index (Phi) is 5.61. The summed E-state index contributed by atoms with van der Waals surface area (Å²) in [7, 11) is -10.8. The first kappa shape index (κ1) is 23.1. The smallest absolute Gasteiger partial charge is 0.245 e. The van der Waals surface area contributed by atoms with Crippen LogP contribution in [-0.2, 0) is 36.9 Å². The monoisotopic (exact) mass is 487 g/mol. The highest BCUT2D eigenvalue weighted by molar-refractivity contribution is 8.09. The molecule has 0 amide bonds. The summed E-state index contributed by atoms with van der Waals surface area (Å²) in [6.45, 7) is 3.25. The maximum Gasteiger partial charge on any atom is 0.245 e. The molecule has 0 aromatic carbocycles. The number of pyridine rings is 2. The fraction of sp³-hybridized carbons (Fsp3) is 0.353. The zero-order valence-corrected chi connectivity index (χ0v) is 19.9. The molecular formula is C17H21N5O6S3. The molecule has 11 nitrogen and oxygen atoms in total. The molecule has 3 aromatic rings. The van der Waals surface area contributed by atoms with Gasteiger partial charge in [0.25, 0.3) is 0 Å². The van der Waals surface area contributed by atoms with Crippen LogP contribution in [0.1, 0.15) is 12.5 Å². The van der Waals surface area contributed by atoms with Crippen molar-refractivity contribution in [2.45, 2.75) is 18.7 Å². The zero-order chi connectivity index (χ0) is 23.4. The molecule has 31 heavy (non-hydrogen) atoms. The molecule has 0 saturated heterocycles. The van der Waals surface area contributed by atoms with Gasteiger partial charge in [0.2, 0.25) is 20.0 Å². The fourth-order valence-electron chi connectivity index (χ4n) is 3.11. The molecule has 0 atom stereocenters. The van der Waals surface area contributed by atoms with Gasteiger partial charge in [0, 0.05) is 13.2 Å². The molecule has 3 aromatic heterocycles. The number of rotatable bonds is 6. The van der Waals surface area contributed by atoms with Crippen molar-refractivity contribution in [2.75, 3.05) is 22.0 Å². The maximum absolute atomic E-state index is 12.8. The lowest BCUT2D eigenvalue weighted by molar-refractivity contribution is 0.588. The van der Waals surface area contributed by atoms with Crippen molar-refractivity contribution in [2.24, 2.45) is 7.05 Å². The summed E-state index contributed by atoms with van der Waals surface area (Å²) in [5.74, 6) is -0.124. The summed E-state index contributed by atoms with van der Waals surface area (Å²) in [6, 6.07) is 2.77. The number of sulfonamides is 2. The fourth-order valence-corrected chi connectivity index (χ4v) is 7.09. The Hall–Kier alpha value is -2.58. The summed E-state index contributed by atoms with van der Waals surface area (Å²) in [6.07, 6.45) is 4.04. The van der Waals surface area contributed by atoms with E-state index in [0.29, 0.717) is 23.7 Å². The van der Waals surface area contributed by atoms with Crippen molar-refractivity contribution < 1.29 is 25.3 Å². The zero-order valence-electron chi connectivity index (χ0n) is 17.4.